The van der Waals surface area contributed by atoms with Crippen LogP contribution in [0.4, 0.5) is 5.82 Å². The maximum atomic E-state index is 5.30. The molecule has 4 nitrogen and oxygen atoms in total. The van der Waals surface area contributed by atoms with Crippen molar-refractivity contribution in [2.75, 3.05) is 19.5 Å². The van der Waals surface area contributed by atoms with E-state index in [4.69, 9.17) is 9.72 Å². The fourth-order valence-corrected chi connectivity index (χ4v) is 2.70. The van der Waals surface area contributed by atoms with Crippen LogP contribution in [0.1, 0.15) is 12.7 Å². The van der Waals surface area contributed by atoms with Gasteiger partial charge in [0.2, 0.25) is 0 Å². The van der Waals surface area contributed by atoms with Gasteiger partial charge in [-0.05, 0) is 29.5 Å². The van der Waals surface area contributed by atoms with E-state index in [2.05, 4.69) is 45.0 Å². The molecular weight excluding hydrogens is 365 g/mol. The van der Waals surface area contributed by atoms with E-state index in [1.54, 1.807) is 7.11 Å². The van der Waals surface area contributed by atoms with Gasteiger partial charge in [0, 0.05) is 26.1 Å². The van der Waals surface area contributed by atoms with E-state index in [1.165, 1.54) is 0 Å². The highest BCUT2D eigenvalue weighted by molar-refractivity contribution is 14.1. The van der Waals surface area contributed by atoms with Crippen LogP contribution in [0, 0.1) is 3.57 Å². The highest BCUT2D eigenvalue weighted by Gasteiger charge is 2.14. The van der Waals surface area contributed by atoms with Gasteiger partial charge in [-0.1, -0.05) is 30.3 Å². The molecule has 1 aromatic heterocycles. The summed E-state index contributed by atoms with van der Waals surface area (Å²) >= 11 is 2.29. The Kier molecular flexibility index (Phi) is 5.31. The third-order valence-electron chi connectivity index (χ3n) is 3.05. The molecule has 0 aliphatic carbocycles. The fourth-order valence-electron chi connectivity index (χ4n) is 1.88. The number of hydrogen-bond donors (Lipinski definition) is 1. The summed E-state index contributed by atoms with van der Waals surface area (Å²) in [5, 5.41) is 3.14. The van der Waals surface area contributed by atoms with Crippen molar-refractivity contribution in [2.45, 2.75) is 19.4 Å². The first kappa shape index (κ1) is 15.2. The SMILES string of the molecule is CNc1nc(CC(C)OC)nc(-c2ccccc2)c1I. The average molecular weight is 383 g/mol. The summed E-state index contributed by atoms with van der Waals surface area (Å²) in [5.74, 6) is 1.65. The molecule has 5 heteroatoms. The van der Waals surface area contributed by atoms with E-state index >= 15 is 0 Å². The predicted molar refractivity (Wildman–Crippen MR) is 89.9 cm³/mol. The maximum absolute atomic E-state index is 5.30. The molecule has 1 aromatic carbocycles. The molecule has 0 saturated heterocycles. The number of benzene rings is 1. The van der Waals surface area contributed by atoms with Gasteiger partial charge in [0.05, 0.1) is 15.4 Å². The molecule has 0 fully saturated rings. The fraction of sp³-hybridized carbons (Fsp3) is 0.333. The van der Waals surface area contributed by atoms with Crippen molar-refractivity contribution in [3.8, 4) is 11.3 Å². The summed E-state index contributed by atoms with van der Waals surface area (Å²) in [6.07, 6.45) is 0.797. The number of anilines is 1. The van der Waals surface area contributed by atoms with E-state index < -0.39 is 0 Å². The molecule has 1 N–H and O–H groups in total. The first-order valence-electron chi connectivity index (χ1n) is 6.48. The first-order chi connectivity index (χ1) is 9.65. The molecule has 2 rings (SSSR count). The van der Waals surface area contributed by atoms with Gasteiger partial charge in [0.15, 0.2) is 0 Å². The molecule has 1 unspecified atom stereocenters. The largest absolute Gasteiger partial charge is 0.381 e. The summed E-state index contributed by atoms with van der Waals surface area (Å²) in [5.41, 5.74) is 2.06. The van der Waals surface area contributed by atoms with Crippen LogP contribution in [-0.2, 0) is 11.2 Å². The van der Waals surface area contributed by atoms with Crippen LogP contribution >= 0.6 is 22.6 Å². The minimum absolute atomic E-state index is 0.100. The Morgan fingerprint density at radius 3 is 2.55 bits per heavy atom. The van der Waals surface area contributed by atoms with E-state index in [0.717, 1.165) is 26.5 Å². The third kappa shape index (κ3) is 3.46. The van der Waals surface area contributed by atoms with Crippen molar-refractivity contribution in [1.82, 2.24) is 9.97 Å². The molecule has 0 aliphatic rings. The number of nitrogens with zero attached hydrogens (tertiary/aromatic N) is 2. The monoisotopic (exact) mass is 383 g/mol. The quantitative estimate of drug-likeness (QED) is 0.805. The molecule has 20 heavy (non-hydrogen) atoms. The van der Waals surface area contributed by atoms with Gasteiger partial charge in [-0.15, -0.1) is 0 Å². The van der Waals surface area contributed by atoms with E-state index in [-0.39, 0.29) is 6.10 Å². The normalized spacial score (nSPS) is 12.2. The van der Waals surface area contributed by atoms with Gasteiger partial charge in [-0.25, -0.2) is 9.97 Å². The van der Waals surface area contributed by atoms with Crippen molar-refractivity contribution < 1.29 is 4.74 Å². The number of hydrogen-bond acceptors (Lipinski definition) is 4. The Morgan fingerprint density at radius 2 is 1.95 bits per heavy atom. The zero-order chi connectivity index (χ0) is 14.5. The number of rotatable bonds is 5. The Labute approximate surface area is 133 Å². The molecule has 0 radical (unpaired) electrons. The molecule has 2 aromatic rings. The molecular formula is C15H18IN3O. The molecule has 1 heterocycles. The van der Waals surface area contributed by atoms with Crippen LogP contribution in [-0.4, -0.2) is 30.2 Å². The molecule has 0 saturated carbocycles. The summed E-state index contributed by atoms with van der Waals surface area (Å²) in [6.45, 7) is 2.02. The van der Waals surface area contributed by atoms with E-state index in [9.17, 15) is 0 Å². The van der Waals surface area contributed by atoms with E-state index in [0.29, 0.717) is 6.42 Å². The Bertz CT molecular complexity index is 575. The van der Waals surface area contributed by atoms with Crippen molar-refractivity contribution in [2.24, 2.45) is 0 Å². The highest BCUT2D eigenvalue weighted by Crippen LogP contribution is 2.28. The zero-order valence-electron chi connectivity index (χ0n) is 11.9. The topological polar surface area (TPSA) is 47.0 Å². The van der Waals surface area contributed by atoms with Gasteiger partial charge in [-0.2, -0.15) is 0 Å². The van der Waals surface area contributed by atoms with Crippen LogP contribution in [0.5, 0.6) is 0 Å². The minimum Gasteiger partial charge on any atom is -0.381 e. The maximum Gasteiger partial charge on any atom is 0.143 e. The third-order valence-corrected chi connectivity index (χ3v) is 4.08. The summed E-state index contributed by atoms with van der Waals surface area (Å²) in [4.78, 5) is 9.26. The second-order valence-corrected chi connectivity index (χ2v) is 5.60. The van der Waals surface area contributed by atoms with Crippen LogP contribution in [0.15, 0.2) is 30.3 Å². The summed E-state index contributed by atoms with van der Waals surface area (Å²) in [7, 11) is 3.58. The molecule has 0 bridgehead atoms. The van der Waals surface area contributed by atoms with Crippen molar-refractivity contribution >= 4 is 28.4 Å². The first-order valence-corrected chi connectivity index (χ1v) is 7.56. The molecule has 1 atom stereocenters. The van der Waals surface area contributed by atoms with Crippen molar-refractivity contribution in [3.63, 3.8) is 0 Å². The summed E-state index contributed by atoms with van der Waals surface area (Å²) in [6, 6.07) is 10.2. The second kappa shape index (κ2) is 6.99. The summed E-state index contributed by atoms with van der Waals surface area (Å²) < 4.78 is 6.33. The minimum atomic E-state index is 0.100. The van der Waals surface area contributed by atoms with Crippen molar-refractivity contribution in [1.29, 1.82) is 0 Å². The van der Waals surface area contributed by atoms with Crippen LogP contribution in [0.25, 0.3) is 11.3 Å². The number of ether oxygens (including phenoxy) is 1. The lowest BCUT2D eigenvalue weighted by Crippen LogP contribution is -2.13. The van der Waals surface area contributed by atoms with Crippen LogP contribution in [0.3, 0.4) is 0 Å². The van der Waals surface area contributed by atoms with Gasteiger partial charge < -0.3 is 10.1 Å². The van der Waals surface area contributed by atoms with Gasteiger partial charge in [0.25, 0.3) is 0 Å². The zero-order valence-corrected chi connectivity index (χ0v) is 14.0. The van der Waals surface area contributed by atoms with Gasteiger partial charge >= 0.3 is 0 Å². The molecule has 106 valence electrons. The Morgan fingerprint density at radius 1 is 1.25 bits per heavy atom. The lowest BCUT2D eigenvalue weighted by Gasteiger charge is -2.13. The van der Waals surface area contributed by atoms with E-state index in [1.807, 2.05) is 32.2 Å². The van der Waals surface area contributed by atoms with Crippen LogP contribution in [0.2, 0.25) is 0 Å². The number of aromatic nitrogens is 2. The van der Waals surface area contributed by atoms with Gasteiger partial charge in [0.1, 0.15) is 11.6 Å². The lowest BCUT2D eigenvalue weighted by atomic mass is 10.1. The van der Waals surface area contributed by atoms with Gasteiger partial charge in [-0.3, -0.25) is 0 Å². The molecule has 0 spiro atoms. The molecule has 0 aliphatic heterocycles. The lowest BCUT2D eigenvalue weighted by molar-refractivity contribution is 0.117. The standard InChI is InChI=1S/C15H18IN3O/c1-10(20-3)9-12-18-14(11-7-5-4-6-8-11)13(16)15(17-2)19-12/h4-8,10H,9H2,1-3H3,(H,17,18,19). The number of nitrogens with one attached hydrogen (secondary N) is 1. The Balaban J connectivity index is 2.47. The molecule has 0 amide bonds. The number of methoxy groups -OCH3 is 1. The van der Waals surface area contributed by atoms with Crippen LogP contribution < -0.4 is 5.32 Å². The Hall–Kier alpha value is -1.21. The van der Waals surface area contributed by atoms with Crippen molar-refractivity contribution in [3.05, 3.63) is 39.7 Å². The average Bonchev–Trinajstić information content (AvgIpc) is 2.49. The number of halogens is 1. The predicted octanol–water partition coefficient (Wildman–Crippen LogP) is 3.37. The highest BCUT2D eigenvalue weighted by atomic mass is 127. The second-order valence-electron chi connectivity index (χ2n) is 4.52. The smallest absolute Gasteiger partial charge is 0.143 e.